The molecule has 0 radical (unpaired) electrons. The Morgan fingerprint density at radius 2 is 0.896 bits per heavy atom. The quantitative estimate of drug-likeness (QED) is 0.147. The lowest BCUT2D eigenvalue weighted by molar-refractivity contribution is 0.669. The molecule has 11 rings (SSSR count). The molecule has 0 aliphatic heterocycles. The summed E-state index contributed by atoms with van der Waals surface area (Å²) in [4.78, 5) is 0. The molecule has 0 aliphatic carbocycles. The van der Waals surface area contributed by atoms with E-state index in [0.29, 0.717) is 0 Å². The maximum atomic E-state index is 6.38. The standard InChI is InChI=1S/C46H26O2/c1-3-13-34-32(11-1)42(29-21-19-27(20-22-29)30-15-8-16-38-31-10-5-6-17-39(31)48-46(30)38)33-12-2-4-14-35(33)44(34)36-25-26-41-45-37(36)24-23-28-9-7-18-40(47-41)43(28)45/h1-26H. The highest BCUT2D eigenvalue weighted by atomic mass is 16.3. The van der Waals surface area contributed by atoms with Crippen LogP contribution in [0, 0.1) is 0 Å². The third kappa shape index (κ3) is 3.46. The van der Waals surface area contributed by atoms with Crippen molar-refractivity contribution in [3.63, 3.8) is 0 Å². The van der Waals surface area contributed by atoms with E-state index < -0.39 is 0 Å². The molecule has 0 saturated carbocycles. The van der Waals surface area contributed by atoms with Gasteiger partial charge in [-0.05, 0) is 84.4 Å². The summed E-state index contributed by atoms with van der Waals surface area (Å²) in [6.07, 6.45) is 0. The van der Waals surface area contributed by atoms with Gasteiger partial charge in [-0.15, -0.1) is 0 Å². The highest BCUT2D eigenvalue weighted by Gasteiger charge is 2.21. The number of hydrogen-bond acceptors (Lipinski definition) is 2. The van der Waals surface area contributed by atoms with Gasteiger partial charge in [0.25, 0.3) is 0 Å². The molecule has 2 aromatic heterocycles. The van der Waals surface area contributed by atoms with E-state index in [9.17, 15) is 0 Å². The lowest BCUT2D eigenvalue weighted by Crippen LogP contribution is -1.92. The number of furan rings is 2. The maximum absolute atomic E-state index is 6.38. The van der Waals surface area contributed by atoms with E-state index in [4.69, 9.17) is 8.83 Å². The van der Waals surface area contributed by atoms with Crippen molar-refractivity contribution in [1.82, 2.24) is 0 Å². The van der Waals surface area contributed by atoms with E-state index in [1.165, 1.54) is 65.3 Å². The van der Waals surface area contributed by atoms with Gasteiger partial charge >= 0.3 is 0 Å². The second-order valence-corrected chi connectivity index (χ2v) is 12.8. The molecule has 48 heavy (non-hydrogen) atoms. The minimum atomic E-state index is 0.916. The monoisotopic (exact) mass is 610 g/mol. The lowest BCUT2D eigenvalue weighted by atomic mass is 9.84. The van der Waals surface area contributed by atoms with E-state index in [1.54, 1.807) is 0 Å². The molecule has 0 spiro atoms. The van der Waals surface area contributed by atoms with Crippen molar-refractivity contribution in [3.8, 4) is 33.4 Å². The topological polar surface area (TPSA) is 26.3 Å². The summed E-state index contributed by atoms with van der Waals surface area (Å²) in [7, 11) is 0. The number of hydrogen-bond donors (Lipinski definition) is 0. The molecule has 0 aliphatic rings. The van der Waals surface area contributed by atoms with Crippen molar-refractivity contribution in [2.24, 2.45) is 0 Å². The van der Waals surface area contributed by atoms with E-state index in [2.05, 4.69) is 146 Å². The van der Waals surface area contributed by atoms with Crippen LogP contribution in [-0.2, 0) is 0 Å². The number of rotatable bonds is 3. The number of para-hydroxylation sites is 2. The summed E-state index contributed by atoms with van der Waals surface area (Å²) in [6, 6.07) is 56.6. The van der Waals surface area contributed by atoms with Crippen LogP contribution >= 0.6 is 0 Å². The van der Waals surface area contributed by atoms with Crippen LogP contribution in [0.15, 0.2) is 167 Å². The molecule has 2 heteroatoms. The molecular weight excluding hydrogens is 585 g/mol. The van der Waals surface area contributed by atoms with Gasteiger partial charge in [-0.3, -0.25) is 0 Å². The molecule has 2 heterocycles. The van der Waals surface area contributed by atoms with Gasteiger partial charge in [0.2, 0.25) is 0 Å². The highest BCUT2D eigenvalue weighted by molar-refractivity contribution is 6.28. The Hall–Kier alpha value is -6.38. The van der Waals surface area contributed by atoms with Gasteiger partial charge in [0.15, 0.2) is 0 Å². The van der Waals surface area contributed by atoms with Gasteiger partial charge in [0.05, 0.1) is 0 Å². The van der Waals surface area contributed by atoms with Crippen molar-refractivity contribution < 1.29 is 8.83 Å². The first-order valence-corrected chi connectivity index (χ1v) is 16.4. The molecule has 2 nitrogen and oxygen atoms in total. The summed E-state index contributed by atoms with van der Waals surface area (Å²) in [5, 5.41) is 12.1. The van der Waals surface area contributed by atoms with E-state index in [-0.39, 0.29) is 0 Å². The van der Waals surface area contributed by atoms with Crippen molar-refractivity contribution in [2.45, 2.75) is 0 Å². The Morgan fingerprint density at radius 3 is 1.67 bits per heavy atom. The molecule has 0 atom stereocenters. The molecule has 222 valence electrons. The average Bonchev–Trinajstić information content (AvgIpc) is 3.73. The second-order valence-electron chi connectivity index (χ2n) is 12.8. The van der Waals surface area contributed by atoms with Crippen LogP contribution in [0.2, 0.25) is 0 Å². The Morgan fingerprint density at radius 1 is 0.292 bits per heavy atom. The summed E-state index contributed by atoms with van der Waals surface area (Å²) in [6.45, 7) is 0. The summed E-state index contributed by atoms with van der Waals surface area (Å²) >= 11 is 0. The van der Waals surface area contributed by atoms with Gasteiger partial charge in [-0.1, -0.05) is 133 Å². The second kappa shape index (κ2) is 9.57. The minimum absolute atomic E-state index is 0.916. The van der Waals surface area contributed by atoms with Crippen LogP contribution in [0.5, 0.6) is 0 Å². The molecule has 0 amide bonds. The van der Waals surface area contributed by atoms with Crippen molar-refractivity contribution >= 4 is 76.2 Å². The van der Waals surface area contributed by atoms with Gasteiger partial charge < -0.3 is 8.83 Å². The molecule has 0 bridgehead atoms. The fourth-order valence-electron chi connectivity index (χ4n) is 8.19. The van der Waals surface area contributed by atoms with Crippen LogP contribution in [0.4, 0.5) is 0 Å². The van der Waals surface area contributed by atoms with Crippen LogP contribution in [0.1, 0.15) is 0 Å². The first-order valence-electron chi connectivity index (χ1n) is 16.4. The third-order valence-electron chi connectivity index (χ3n) is 10.3. The SMILES string of the molecule is c1ccc2c(c1)oc1c(-c3ccc(-c4c5ccccc5c(-c5ccc6oc7cccc8ccc5c6c87)c5ccccc45)cc3)cccc12. The van der Waals surface area contributed by atoms with E-state index in [0.717, 1.165) is 44.2 Å². The van der Waals surface area contributed by atoms with Gasteiger partial charge in [0.1, 0.15) is 22.3 Å². The Kier molecular flexibility index (Phi) is 5.14. The number of benzene rings is 9. The molecule has 0 fully saturated rings. The van der Waals surface area contributed by atoms with Crippen molar-refractivity contribution in [1.29, 1.82) is 0 Å². The third-order valence-corrected chi connectivity index (χ3v) is 10.3. The van der Waals surface area contributed by atoms with Crippen LogP contribution in [0.3, 0.4) is 0 Å². The van der Waals surface area contributed by atoms with Crippen LogP contribution in [0.25, 0.3) is 110 Å². The molecule has 9 aromatic carbocycles. The largest absolute Gasteiger partial charge is 0.456 e. The first-order chi connectivity index (χ1) is 23.8. The lowest BCUT2D eigenvalue weighted by Gasteiger charge is -2.19. The van der Waals surface area contributed by atoms with E-state index in [1.807, 2.05) is 12.1 Å². The predicted octanol–water partition coefficient (Wildman–Crippen LogP) is 13.4. The van der Waals surface area contributed by atoms with Gasteiger partial charge in [-0.25, -0.2) is 0 Å². The molecule has 0 N–H and O–H groups in total. The minimum Gasteiger partial charge on any atom is -0.456 e. The Bertz CT molecular complexity index is 2990. The van der Waals surface area contributed by atoms with Gasteiger partial charge in [-0.2, -0.15) is 0 Å². The first kappa shape index (κ1) is 25.8. The van der Waals surface area contributed by atoms with E-state index >= 15 is 0 Å². The van der Waals surface area contributed by atoms with Crippen molar-refractivity contribution in [3.05, 3.63) is 158 Å². The molecular formula is C46H26O2. The Balaban J connectivity index is 1.14. The van der Waals surface area contributed by atoms with Crippen LogP contribution in [-0.4, -0.2) is 0 Å². The average molecular weight is 611 g/mol. The van der Waals surface area contributed by atoms with Crippen molar-refractivity contribution in [2.75, 3.05) is 0 Å². The highest BCUT2D eigenvalue weighted by Crippen LogP contribution is 2.48. The molecule has 0 unspecified atom stereocenters. The maximum Gasteiger partial charge on any atom is 0.143 e. The Labute approximate surface area is 275 Å². The summed E-state index contributed by atoms with van der Waals surface area (Å²) in [5.74, 6) is 0. The zero-order valence-corrected chi connectivity index (χ0v) is 25.8. The molecule has 0 saturated heterocycles. The van der Waals surface area contributed by atoms with Crippen LogP contribution < -0.4 is 0 Å². The molecule has 11 aromatic rings. The zero-order valence-electron chi connectivity index (χ0n) is 25.8. The van der Waals surface area contributed by atoms with Gasteiger partial charge in [0, 0.05) is 27.1 Å². The fourth-order valence-corrected chi connectivity index (χ4v) is 8.19. The predicted molar refractivity (Wildman–Crippen MR) is 201 cm³/mol. The normalized spacial score (nSPS) is 12.2. The smallest absolute Gasteiger partial charge is 0.143 e. The zero-order chi connectivity index (χ0) is 31.3. The summed E-state index contributed by atoms with van der Waals surface area (Å²) < 4.78 is 12.7. The fraction of sp³-hybridized carbons (Fsp3) is 0. The number of fused-ring (bicyclic) bond motifs is 5. The summed E-state index contributed by atoms with van der Waals surface area (Å²) in [5.41, 5.74) is 10.9.